The summed E-state index contributed by atoms with van der Waals surface area (Å²) in [4.78, 5) is 0. The summed E-state index contributed by atoms with van der Waals surface area (Å²) in [6, 6.07) is 6.11. The monoisotopic (exact) mass is 225 g/mol. The van der Waals surface area contributed by atoms with Crippen molar-refractivity contribution in [3.05, 3.63) is 35.6 Å². The number of nitrogens with two attached hydrogens (primary N) is 1. The van der Waals surface area contributed by atoms with Crippen LogP contribution in [-0.4, -0.2) is 11.2 Å². The van der Waals surface area contributed by atoms with Gasteiger partial charge >= 0.3 is 0 Å². The molecule has 0 heterocycles. The molecule has 2 N–H and O–H groups in total. The van der Waals surface area contributed by atoms with E-state index in [1.54, 1.807) is 12.1 Å². The molecule has 1 atom stereocenters. The van der Waals surface area contributed by atoms with Crippen molar-refractivity contribution in [2.75, 3.05) is 0 Å². The van der Waals surface area contributed by atoms with Gasteiger partial charge in [-0.25, -0.2) is 8.78 Å². The molecule has 0 aromatic heterocycles. The summed E-state index contributed by atoms with van der Waals surface area (Å²) in [5.74, 6) is -0.772. The van der Waals surface area contributed by atoms with Crippen LogP contribution in [0.1, 0.15) is 38.2 Å². The van der Waals surface area contributed by atoms with E-state index in [9.17, 15) is 8.78 Å². The van der Waals surface area contributed by atoms with Gasteiger partial charge in [0.2, 0.25) is 0 Å². The summed E-state index contributed by atoms with van der Waals surface area (Å²) in [5, 5.41) is 0. The number of rotatable bonds is 3. The third-order valence-electron chi connectivity index (χ3n) is 3.27. The summed E-state index contributed by atoms with van der Waals surface area (Å²) in [7, 11) is 0. The first kappa shape index (κ1) is 11.5. The minimum atomic E-state index is -1.43. The Bertz CT molecular complexity index is 386. The third kappa shape index (κ3) is 2.09. The molecule has 88 valence electrons. The van der Waals surface area contributed by atoms with Gasteiger partial charge < -0.3 is 5.73 Å². The number of hydrogen-bond acceptors (Lipinski definition) is 1. The molecule has 1 aromatic carbocycles. The molecule has 1 aliphatic carbocycles. The van der Waals surface area contributed by atoms with E-state index < -0.39 is 17.1 Å². The van der Waals surface area contributed by atoms with Crippen LogP contribution in [0.15, 0.2) is 24.3 Å². The van der Waals surface area contributed by atoms with Gasteiger partial charge in [0, 0.05) is 11.5 Å². The van der Waals surface area contributed by atoms with Gasteiger partial charge in [0.15, 0.2) is 0 Å². The Labute approximate surface area is 94.7 Å². The second kappa shape index (κ2) is 3.52. The zero-order chi connectivity index (χ0) is 12.0. The van der Waals surface area contributed by atoms with Crippen LogP contribution in [0.3, 0.4) is 0 Å². The quantitative estimate of drug-likeness (QED) is 0.840. The SMILES string of the molecule is CC(C)(F)C(c1cccc(F)c1)C1(N)CC1. The molecular formula is C13H17F2N. The van der Waals surface area contributed by atoms with Crippen LogP contribution >= 0.6 is 0 Å². The van der Waals surface area contributed by atoms with E-state index in [4.69, 9.17) is 5.73 Å². The fourth-order valence-electron chi connectivity index (χ4n) is 2.53. The largest absolute Gasteiger partial charge is 0.324 e. The maximum atomic E-state index is 14.2. The predicted octanol–water partition coefficient (Wildman–Crippen LogP) is 3.15. The lowest BCUT2D eigenvalue weighted by Gasteiger charge is -2.32. The predicted molar refractivity (Wildman–Crippen MR) is 60.5 cm³/mol. The summed E-state index contributed by atoms with van der Waals surface area (Å²) < 4.78 is 27.4. The standard InChI is InChI=1S/C13H17F2N/c1-12(2,15)11(13(16)6-7-13)9-4-3-5-10(14)8-9/h3-5,8,11H,6-7,16H2,1-2H3. The Morgan fingerprint density at radius 2 is 2.00 bits per heavy atom. The van der Waals surface area contributed by atoms with Crippen LogP contribution in [0.5, 0.6) is 0 Å². The smallest absolute Gasteiger partial charge is 0.123 e. The molecule has 0 saturated heterocycles. The van der Waals surface area contributed by atoms with Crippen LogP contribution in [0.25, 0.3) is 0 Å². The Balaban J connectivity index is 2.40. The minimum Gasteiger partial charge on any atom is -0.324 e. The van der Waals surface area contributed by atoms with Crippen molar-refractivity contribution in [1.82, 2.24) is 0 Å². The lowest BCUT2D eigenvalue weighted by molar-refractivity contribution is 0.147. The highest BCUT2D eigenvalue weighted by Crippen LogP contribution is 2.51. The molecule has 16 heavy (non-hydrogen) atoms. The van der Waals surface area contributed by atoms with E-state index in [0.29, 0.717) is 5.56 Å². The average molecular weight is 225 g/mol. The molecule has 1 nitrogen and oxygen atoms in total. The molecule has 2 rings (SSSR count). The van der Waals surface area contributed by atoms with Crippen molar-refractivity contribution in [2.45, 2.75) is 43.8 Å². The zero-order valence-corrected chi connectivity index (χ0v) is 9.63. The number of hydrogen-bond donors (Lipinski definition) is 1. The van der Waals surface area contributed by atoms with Gasteiger partial charge in [-0.15, -0.1) is 0 Å². The summed E-state index contributed by atoms with van der Waals surface area (Å²) in [6.07, 6.45) is 1.61. The summed E-state index contributed by atoms with van der Waals surface area (Å²) in [6.45, 7) is 3.02. The van der Waals surface area contributed by atoms with Crippen molar-refractivity contribution in [2.24, 2.45) is 5.73 Å². The van der Waals surface area contributed by atoms with Crippen molar-refractivity contribution >= 4 is 0 Å². The van der Waals surface area contributed by atoms with E-state index in [1.165, 1.54) is 26.0 Å². The molecule has 1 aromatic rings. The first-order valence-electron chi connectivity index (χ1n) is 5.56. The number of alkyl halides is 1. The first-order chi connectivity index (χ1) is 7.33. The van der Waals surface area contributed by atoms with Crippen LogP contribution in [0, 0.1) is 5.82 Å². The Morgan fingerprint density at radius 1 is 1.38 bits per heavy atom. The van der Waals surface area contributed by atoms with Gasteiger partial charge in [0.05, 0.1) is 0 Å². The molecule has 1 unspecified atom stereocenters. The van der Waals surface area contributed by atoms with Crippen molar-refractivity contribution in [3.63, 3.8) is 0 Å². The van der Waals surface area contributed by atoms with Crippen LogP contribution in [0.2, 0.25) is 0 Å². The summed E-state index contributed by atoms with van der Waals surface area (Å²) >= 11 is 0. The Morgan fingerprint density at radius 3 is 2.44 bits per heavy atom. The van der Waals surface area contributed by atoms with Gasteiger partial charge in [-0.3, -0.25) is 0 Å². The highest BCUT2D eigenvalue weighted by molar-refractivity contribution is 5.31. The lowest BCUT2D eigenvalue weighted by atomic mass is 9.79. The molecule has 0 aliphatic heterocycles. The maximum Gasteiger partial charge on any atom is 0.123 e. The molecule has 0 bridgehead atoms. The second-order valence-corrected chi connectivity index (χ2v) is 5.29. The Hall–Kier alpha value is -0.960. The molecule has 3 heteroatoms. The fourth-order valence-corrected chi connectivity index (χ4v) is 2.53. The highest BCUT2D eigenvalue weighted by atomic mass is 19.1. The van der Waals surface area contributed by atoms with Gasteiger partial charge in [-0.05, 0) is 44.4 Å². The van der Waals surface area contributed by atoms with Crippen LogP contribution in [-0.2, 0) is 0 Å². The molecule has 0 radical (unpaired) electrons. The normalized spacial score (nSPS) is 20.6. The van der Waals surface area contributed by atoms with Crippen molar-refractivity contribution < 1.29 is 8.78 Å². The number of benzene rings is 1. The molecule has 1 fully saturated rings. The second-order valence-electron chi connectivity index (χ2n) is 5.29. The third-order valence-corrected chi connectivity index (χ3v) is 3.27. The van der Waals surface area contributed by atoms with E-state index >= 15 is 0 Å². The summed E-state index contributed by atoms with van der Waals surface area (Å²) in [5.41, 5.74) is 4.83. The number of halogens is 2. The van der Waals surface area contributed by atoms with Gasteiger partial charge in [-0.2, -0.15) is 0 Å². The van der Waals surface area contributed by atoms with E-state index in [0.717, 1.165) is 12.8 Å². The molecule has 1 aliphatic rings. The Kier molecular flexibility index (Phi) is 2.54. The highest BCUT2D eigenvalue weighted by Gasteiger charge is 2.52. The van der Waals surface area contributed by atoms with Gasteiger partial charge in [-0.1, -0.05) is 12.1 Å². The molecular weight excluding hydrogens is 208 g/mol. The zero-order valence-electron chi connectivity index (χ0n) is 9.63. The fraction of sp³-hybridized carbons (Fsp3) is 0.538. The molecule has 1 saturated carbocycles. The van der Waals surface area contributed by atoms with Crippen molar-refractivity contribution in [1.29, 1.82) is 0 Å². The van der Waals surface area contributed by atoms with Gasteiger partial charge in [0.1, 0.15) is 11.5 Å². The lowest BCUT2D eigenvalue weighted by Crippen LogP contribution is -2.41. The first-order valence-corrected chi connectivity index (χ1v) is 5.56. The van der Waals surface area contributed by atoms with E-state index in [-0.39, 0.29) is 5.82 Å². The van der Waals surface area contributed by atoms with E-state index in [1.807, 2.05) is 0 Å². The topological polar surface area (TPSA) is 26.0 Å². The average Bonchev–Trinajstić information content (AvgIpc) is 2.81. The van der Waals surface area contributed by atoms with Crippen LogP contribution < -0.4 is 5.73 Å². The van der Waals surface area contributed by atoms with Crippen molar-refractivity contribution in [3.8, 4) is 0 Å². The van der Waals surface area contributed by atoms with Gasteiger partial charge in [0.25, 0.3) is 0 Å². The molecule has 0 spiro atoms. The van der Waals surface area contributed by atoms with Crippen LogP contribution in [0.4, 0.5) is 8.78 Å². The maximum absolute atomic E-state index is 14.2. The minimum absolute atomic E-state index is 0.337. The molecule has 0 amide bonds. The van der Waals surface area contributed by atoms with E-state index in [2.05, 4.69) is 0 Å².